The Morgan fingerprint density at radius 3 is 2.23 bits per heavy atom. The van der Waals surface area contributed by atoms with Gasteiger partial charge in [0.05, 0.1) is 25.9 Å². The number of nitrogens with one attached hydrogen (secondary N) is 2. The average Bonchev–Trinajstić information content (AvgIpc) is 2.69. The highest BCUT2D eigenvalue weighted by Crippen LogP contribution is 2.23. The Morgan fingerprint density at radius 2 is 1.63 bits per heavy atom. The van der Waals surface area contributed by atoms with Crippen LogP contribution in [-0.2, 0) is 9.59 Å². The van der Waals surface area contributed by atoms with Crippen molar-refractivity contribution in [3.8, 4) is 11.5 Å². The molecule has 0 spiro atoms. The number of ether oxygens (including phenoxy) is 2. The van der Waals surface area contributed by atoms with Gasteiger partial charge in [-0.25, -0.2) is 0 Å². The maximum Gasteiger partial charge on any atom is 0.387 e. The van der Waals surface area contributed by atoms with Gasteiger partial charge >= 0.3 is 6.61 Å². The molecule has 0 unspecified atom stereocenters. The number of halogens is 2. The normalized spacial score (nSPS) is 10.7. The Balaban J connectivity index is 1.90. The predicted molar refractivity (Wildman–Crippen MR) is 110 cm³/mol. The molecule has 0 aliphatic carbocycles. The molecule has 0 aliphatic rings. The van der Waals surface area contributed by atoms with E-state index < -0.39 is 6.61 Å². The zero-order valence-electron chi connectivity index (χ0n) is 16.9. The Morgan fingerprint density at radius 1 is 1.00 bits per heavy atom. The van der Waals surface area contributed by atoms with Gasteiger partial charge in [0.25, 0.3) is 0 Å². The summed E-state index contributed by atoms with van der Waals surface area (Å²) in [6, 6.07) is 12.7. The van der Waals surface area contributed by atoms with Crippen LogP contribution in [-0.4, -0.2) is 50.1 Å². The second kappa shape index (κ2) is 11.7. The molecule has 9 heteroatoms. The molecule has 0 bridgehead atoms. The smallest absolute Gasteiger partial charge is 0.387 e. The molecule has 2 aromatic carbocycles. The number of rotatable bonds is 11. The Hall–Kier alpha value is -3.20. The minimum atomic E-state index is -2.91. The average molecular weight is 421 g/mol. The van der Waals surface area contributed by atoms with Crippen molar-refractivity contribution < 1.29 is 27.8 Å². The third-order valence-electron chi connectivity index (χ3n) is 4.02. The monoisotopic (exact) mass is 421 g/mol. The minimum absolute atomic E-state index is 0.00245. The molecule has 0 radical (unpaired) electrons. The van der Waals surface area contributed by atoms with Gasteiger partial charge in [0, 0.05) is 5.69 Å². The van der Waals surface area contributed by atoms with Crippen LogP contribution in [0.5, 0.6) is 11.5 Å². The van der Waals surface area contributed by atoms with Gasteiger partial charge in [-0.15, -0.1) is 0 Å². The summed E-state index contributed by atoms with van der Waals surface area (Å²) in [6.07, 6.45) is 0.759. The van der Waals surface area contributed by atoms with Gasteiger partial charge in [-0.05, 0) is 49.4 Å². The van der Waals surface area contributed by atoms with E-state index in [2.05, 4.69) is 15.4 Å². The molecule has 2 rings (SSSR count). The molecule has 0 fully saturated rings. The van der Waals surface area contributed by atoms with E-state index in [9.17, 15) is 18.4 Å². The molecule has 0 saturated carbocycles. The van der Waals surface area contributed by atoms with Crippen LogP contribution in [0.25, 0.3) is 0 Å². The molecule has 0 atom stereocenters. The number of amides is 2. The zero-order valence-corrected chi connectivity index (χ0v) is 16.9. The first-order chi connectivity index (χ1) is 14.4. The van der Waals surface area contributed by atoms with E-state index in [-0.39, 0.29) is 30.7 Å². The number of anilines is 2. The maximum absolute atomic E-state index is 12.4. The third kappa shape index (κ3) is 7.67. The first-order valence-corrected chi connectivity index (χ1v) is 9.41. The summed E-state index contributed by atoms with van der Waals surface area (Å²) in [5.41, 5.74) is 0.994. The number of nitrogens with zero attached hydrogens (tertiary/aromatic N) is 1. The highest BCUT2D eigenvalue weighted by molar-refractivity contribution is 5.95. The van der Waals surface area contributed by atoms with E-state index in [1.807, 2.05) is 6.92 Å². The van der Waals surface area contributed by atoms with Crippen LogP contribution < -0.4 is 20.1 Å². The lowest BCUT2D eigenvalue weighted by molar-refractivity contribution is -0.120. The number of hydrogen-bond acceptors (Lipinski definition) is 5. The largest absolute Gasteiger partial charge is 0.495 e. The molecular weight excluding hydrogens is 396 g/mol. The molecule has 2 aromatic rings. The van der Waals surface area contributed by atoms with Gasteiger partial charge in [0.2, 0.25) is 11.8 Å². The van der Waals surface area contributed by atoms with Crippen molar-refractivity contribution in [3.63, 3.8) is 0 Å². The molecule has 0 aliphatic heterocycles. The fourth-order valence-corrected chi connectivity index (χ4v) is 2.79. The molecule has 2 N–H and O–H groups in total. The van der Waals surface area contributed by atoms with Gasteiger partial charge in [-0.1, -0.05) is 19.1 Å². The van der Waals surface area contributed by atoms with Crippen LogP contribution in [0.15, 0.2) is 48.5 Å². The van der Waals surface area contributed by atoms with Crippen molar-refractivity contribution in [3.05, 3.63) is 48.5 Å². The van der Waals surface area contributed by atoms with Gasteiger partial charge < -0.3 is 20.1 Å². The van der Waals surface area contributed by atoms with Crippen molar-refractivity contribution >= 4 is 23.2 Å². The van der Waals surface area contributed by atoms with Crippen molar-refractivity contribution in [1.82, 2.24) is 4.90 Å². The fourth-order valence-electron chi connectivity index (χ4n) is 2.79. The van der Waals surface area contributed by atoms with E-state index in [0.29, 0.717) is 23.7 Å². The maximum atomic E-state index is 12.4. The Kier molecular flexibility index (Phi) is 9.02. The zero-order chi connectivity index (χ0) is 21.9. The molecular formula is C21H25F2N3O4. The van der Waals surface area contributed by atoms with Crippen molar-refractivity contribution in [1.29, 1.82) is 0 Å². The number of carbonyl (C=O) groups is 2. The standard InChI is InChI=1S/C21H25F2N3O4/c1-3-12-26(14-20(28)25-17-6-4-5-7-18(17)29-2)13-19(27)24-15-8-10-16(11-9-15)30-21(22)23/h4-11,21H,3,12-14H2,1-2H3,(H,24,27)(H,25,28). The second-order valence-electron chi connectivity index (χ2n) is 6.41. The summed E-state index contributed by atoms with van der Waals surface area (Å²) in [5, 5.41) is 5.46. The number of carbonyl (C=O) groups excluding carboxylic acids is 2. The van der Waals surface area contributed by atoms with Gasteiger partial charge in [-0.2, -0.15) is 8.78 Å². The topological polar surface area (TPSA) is 79.9 Å². The Labute approximate surface area is 174 Å². The summed E-state index contributed by atoms with van der Waals surface area (Å²) in [6.45, 7) is -0.378. The summed E-state index contributed by atoms with van der Waals surface area (Å²) >= 11 is 0. The van der Waals surface area contributed by atoms with Crippen molar-refractivity contribution in [2.24, 2.45) is 0 Å². The predicted octanol–water partition coefficient (Wildman–Crippen LogP) is 3.59. The summed E-state index contributed by atoms with van der Waals surface area (Å²) in [4.78, 5) is 26.5. The Bertz CT molecular complexity index is 831. The number of alkyl halides is 2. The number of hydrogen-bond donors (Lipinski definition) is 2. The second-order valence-corrected chi connectivity index (χ2v) is 6.41. The molecule has 0 saturated heterocycles. The van der Waals surface area contributed by atoms with Crippen molar-refractivity contribution in [2.45, 2.75) is 20.0 Å². The number of benzene rings is 2. The van der Waals surface area contributed by atoms with E-state index in [0.717, 1.165) is 6.42 Å². The van der Waals surface area contributed by atoms with Crippen LogP contribution in [0.4, 0.5) is 20.2 Å². The van der Waals surface area contributed by atoms with Gasteiger partial charge in [0.15, 0.2) is 0 Å². The summed E-state index contributed by atoms with van der Waals surface area (Å²) in [5.74, 6) is -0.0427. The van der Waals surface area contributed by atoms with Gasteiger partial charge in [-0.3, -0.25) is 14.5 Å². The number of para-hydroxylation sites is 2. The van der Waals surface area contributed by atoms with E-state index in [4.69, 9.17) is 4.74 Å². The third-order valence-corrected chi connectivity index (χ3v) is 4.02. The molecule has 0 aromatic heterocycles. The summed E-state index contributed by atoms with van der Waals surface area (Å²) < 4.78 is 33.9. The van der Waals surface area contributed by atoms with Crippen LogP contribution in [0, 0.1) is 0 Å². The molecule has 2 amide bonds. The molecule has 162 valence electrons. The summed E-state index contributed by atoms with van der Waals surface area (Å²) in [7, 11) is 1.52. The first kappa shape index (κ1) is 23.1. The van der Waals surface area contributed by atoms with E-state index in [1.165, 1.54) is 31.4 Å². The lowest BCUT2D eigenvalue weighted by atomic mass is 10.3. The molecule has 0 heterocycles. The van der Waals surface area contributed by atoms with Crippen LogP contribution in [0.2, 0.25) is 0 Å². The SMILES string of the molecule is CCCN(CC(=O)Nc1ccc(OC(F)F)cc1)CC(=O)Nc1ccccc1OC. The van der Waals surface area contributed by atoms with E-state index >= 15 is 0 Å². The quantitative estimate of drug-likeness (QED) is 0.580. The lowest BCUT2D eigenvalue weighted by Gasteiger charge is -2.21. The van der Waals surface area contributed by atoms with Crippen LogP contribution >= 0.6 is 0 Å². The lowest BCUT2D eigenvalue weighted by Crippen LogP contribution is -2.39. The van der Waals surface area contributed by atoms with Crippen LogP contribution in [0.3, 0.4) is 0 Å². The highest BCUT2D eigenvalue weighted by Gasteiger charge is 2.15. The van der Waals surface area contributed by atoms with Crippen LogP contribution in [0.1, 0.15) is 13.3 Å². The highest BCUT2D eigenvalue weighted by atomic mass is 19.3. The van der Waals surface area contributed by atoms with Crippen molar-refractivity contribution in [2.75, 3.05) is 37.4 Å². The van der Waals surface area contributed by atoms with Gasteiger partial charge in [0.1, 0.15) is 11.5 Å². The van der Waals surface area contributed by atoms with E-state index in [1.54, 1.807) is 29.2 Å². The molecule has 7 nitrogen and oxygen atoms in total. The number of methoxy groups -OCH3 is 1. The first-order valence-electron chi connectivity index (χ1n) is 9.41. The fraction of sp³-hybridized carbons (Fsp3) is 0.333. The minimum Gasteiger partial charge on any atom is -0.495 e. The molecule has 30 heavy (non-hydrogen) atoms.